The summed E-state index contributed by atoms with van der Waals surface area (Å²) in [5.74, 6) is 1.01. The van der Waals surface area contributed by atoms with Gasteiger partial charge in [0.05, 0.1) is 18.8 Å². The van der Waals surface area contributed by atoms with E-state index in [-0.39, 0.29) is 24.0 Å². The van der Waals surface area contributed by atoms with Crippen LogP contribution in [0.2, 0.25) is 0 Å². The number of rotatable bonds is 10. The Hall–Kier alpha value is -0.120. The fourth-order valence-electron chi connectivity index (χ4n) is 3.47. The van der Waals surface area contributed by atoms with Gasteiger partial charge in [-0.1, -0.05) is 13.3 Å². The molecule has 0 spiro atoms. The molecule has 2 heterocycles. The summed E-state index contributed by atoms with van der Waals surface area (Å²) < 4.78 is 17.5. The van der Waals surface area contributed by atoms with E-state index in [4.69, 9.17) is 14.2 Å². The van der Waals surface area contributed by atoms with Crippen molar-refractivity contribution in [3.05, 3.63) is 0 Å². The molecule has 0 radical (unpaired) electrons. The van der Waals surface area contributed by atoms with E-state index in [1.165, 1.54) is 19.3 Å². The van der Waals surface area contributed by atoms with Gasteiger partial charge in [-0.05, 0) is 44.9 Å². The molecule has 0 bridgehead atoms. The van der Waals surface area contributed by atoms with E-state index >= 15 is 0 Å². The van der Waals surface area contributed by atoms with Crippen LogP contribution in [0.3, 0.4) is 0 Å². The van der Waals surface area contributed by atoms with E-state index in [1.807, 2.05) is 7.05 Å². The monoisotopic (exact) mass is 497 g/mol. The summed E-state index contributed by atoms with van der Waals surface area (Å²) in [4.78, 5) is 6.78. The van der Waals surface area contributed by atoms with Crippen LogP contribution in [0.4, 0.5) is 0 Å². The Morgan fingerprint density at radius 3 is 2.59 bits per heavy atom. The Kier molecular flexibility index (Phi) is 14.5. The van der Waals surface area contributed by atoms with E-state index in [2.05, 4.69) is 22.1 Å². The number of likely N-dealkylation sites (tertiary alicyclic amines) is 1. The Morgan fingerprint density at radius 1 is 1.15 bits per heavy atom. The second-order valence-electron chi connectivity index (χ2n) is 7.30. The highest BCUT2D eigenvalue weighted by Crippen LogP contribution is 2.17. The lowest BCUT2D eigenvalue weighted by Crippen LogP contribution is -2.47. The number of hydrogen-bond acceptors (Lipinski definition) is 4. The fourth-order valence-corrected chi connectivity index (χ4v) is 3.47. The lowest BCUT2D eigenvalue weighted by atomic mass is 10.1. The van der Waals surface area contributed by atoms with Crippen molar-refractivity contribution >= 4 is 29.9 Å². The normalized spacial score (nSPS) is 21.8. The summed E-state index contributed by atoms with van der Waals surface area (Å²) >= 11 is 0. The number of piperidine rings is 1. The average molecular weight is 497 g/mol. The Morgan fingerprint density at radius 2 is 1.93 bits per heavy atom. The van der Waals surface area contributed by atoms with Gasteiger partial charge in [0.1, 0.15) is 0 Å². The largest absolute Gasteiger partial charge is 0.381 e. The van der Waals surface area contributed by atoms with Gasteiger partial charge in [-0.15, -0.1) is 24.0 Å². The molecule has 0 aromatic rings. The number of hydrogen-bond donors (Lipinski definition) is 1. The molecule has 2 aliphatic rings. The first-order chi connectivity index (χ1) is 12.8. The van der Waals surface area contributed by atoms with Crippen molar-refractivity contribution in [3.63, 3.8) is 0 Å². The molecular formula is C20H40IN3O3. The zero-order valence-electron chi connectivity index (χ0n) is 17.3. The van der Waals surface area contributed by atoms with Gasteiger partial charge < -0.3 is 24.4 Å². The molecule has 2 fully saturated rings. The van der Waals surface area contributed by atoms with E-state index in [0.717, 1.165) is 84.1 Å². The lowest BCUT2D eigenvalue weighted by molar-refractivity contribution is -0.0721. The highest BCUT2D eigenvalue weighted by molar-refractivity contribution is 14.0. The molecule has 0 aromatic carbocycles. The zero-order chi connectivity index (χ0) is 18.5. The number of halogens is 1. The van der Waals surface area contributed by atoms with Gasteiger partial charge in [0.2, 0.25) is 0 Å². The Balaban J connectivity index is 0.00000364. The third kappa shape index (κ3) is 10.3. The maximum absolute atomic E-state index is 6.10. The first-order valence-corrected chi connectivity index (χ1v) is 10.6. The van der Waals surface area contributed by atoms with Crippen molar-refractivity contribution in [2.24, 2.45) is 4.99 Å². The second kappa shape index (κ2) is 15.8. The van der Waals surface area contributed by atoms with Crippen LogP contribution >= 0.6 is 24.0 Å². The van der Waals surface area contributed by atoms with Crippen molar-refractivity contribution in [2.75, 3.05) is 53.1 Å². The number of guanidine groups is 1. The first-order valence-electron chi connectivity index (χ1n) is 10.6. The summed E-state index contributed by atoms with van der Waals surface area (Å²) in [6.45, 7) is 8.47. The van der Waals surface area contributed by atoms with Crippen LogP contribution in [0.1, 0.15) is 58.3 Å². The molecule has 6 nitrogen and oxygen atoms in total. The molecule has 7 heteroatoms. The quantitative estimate of drug-likeness (QED) is 0.217. The maximum Gasteiger partial charge on any atom is 0.193 e. The van der Waals surface area contributed by atoms with Crippen LogP contribution in [0.15, 0.2) is 4.99 Å². The molecule has 27 heavy (non-hydrogen) atoms. The molecule has 2 rings (SSSR count). The number of nitrogens with one attached hydrogen (secondary N) is 1. The fraction of sp³-hybridized carbons (Fsp3) is 0.950. The van der Waals surface area contributed by atoms with Crippen LogP contribution in [0.25, 0.3) is 0 Å². The predicted octanol–water partition coefficient (Wildman–Crippen LogP) is 3.44. The van der Waals surface area contributed by atoms with E-state index < -0.39 is 0 Å². The molecule has 2 aliphatic heterocycles. The van der Waals surface area contributed by atoms with Crippen molar-refractivity contribution in [3.8, 4) is 0 Å². The number of aliphatic imine (C=N–C) groups is 1. The van der Waals surface area contributed by atoms with Crippen LogP contribution in [-0.4, -0.2) is 76.2 Å². The van der Waals surface area contributed by atoms with Crippen LogP contribution in [0, 0.1) is 0 Å². The highest BCUT2D eigenvalue weighted by atomic mass is 127. The lowest BCUT2D eigenvalue weighted by Gasteiger charge is -2.35. The molecule has 0 aliphatic carbocycles. The minimum Gasteiger partial charge on any atom is -0.381 e. The second-order valence-corrected chi connectivity index (χ2v) is 7.30. The number of ether oxygens (including phenoxy) is 3. The molecule has 2 saturated heterocycles. The molecular weight excluding hydrogens is 457 g/mol. The van der Waals surface area contributed by atoms with Gasteiger partial charge in [0.15, 0.2) is 5.96 Å². The minimum atomic E-state index is 0. The zero-order valence-corrected chi connectivity index (χ0v) is 19.6. The van der Waals surface area contributed by atoms with Crippen molar-refractivity contribution in [2.45, 2.75) is 70.5 Å². The molecule has 0 saturated carbocycles. The van der Waals surface area contributed by atoms with Crippen molar-refractivity contribution in [1.82, 2.24) is 10.2 Å². The molecule has 1 N–H and O–H groups in total. The highest BCUT2D eigenvalue weighted by Gasteiger charge is 2.23. The van der Waals surface area contributed by atoms with Gasteiger partial charge in [0, 0.05) is 46.5 Å². The molecule has 0 amide bonds. The molecule has 160 valence electrons. The minimum absolute atomic E-state index is 0. The summed E-state index contributed by atoms with van der Waals surface area (Å²) in [6.07, 6.45) is 9.79. The van der Waals surface area contributed by atoms with E-state index in [9.17, 15) is 0 Å². The van der Waals surface area contributed by atoms with Crippen LogP contribution < -0.4 is 5.32 Å². The standard InChI is InChI=1S/C20H39N3O3.HI/c1-3-4-14-24-15-7-11-22-20(21-2)23-12-9-18(10-13-23)26-17-19-8-5-6-16-25-19;/h18-19H,3-17H2,1-2H3,(H,21,22);1H. The summed E-state index contributed by atoms with van der Waals surface area (Å²) in [5.41, 5.74) is 0. The van der Waals surface area contributed by atoms with Crippen LogP contribution in [0.5, 0.6) is 0 Å². The molecule has 0 aromatic heterocycles. The van der Waals surface area contributed by atoms with Gasteiger partial charge in [-0.3, -0.25) is 4.99 Å². The Bertz CT molecular complexity index is 385. The van der Waals surface area contributed by atoms with Crippen molar-refractivity contribution in [1.29, 1.82) is 0 Å². The van der Waals surface area contributed by atoms with E-state index in [0.29, 0.717) is 12.2 Å². The van der Waals surface area contributed by atoms with Gasteiger partial charge >= 0.3 is 0 Å². The number of unbranched alkanes of at least 4 members (excludes halogenated alkanes) is 1. The smallest absolute Gasteiger partial charge is 0.193 e. The van der Waals surface area contributed by atoms with Gasteiger partial charge in [-0.25, -0.2) is 0 Å². The maximum atomic E-state index is 6.10. The SMILES string of the molecule is CCCCOCCCNC(=NC)N1CCC(OCC2CCCCO2)CC1.I. The van der Waals surface area contributed by atoms with Crippen LogP contribution in [-0.2, 0) is 14.2 Å². The third-order valence-electron chi connectivity index (χ3n) is 5.14. The average Bonchev–Trinajstić information content (AvgIpc) is 2.70. The predicted molar refractivity (Wildman–Crippen MR) is 121 cm³/mol. The summed E-state index contributed by atoms with van der Waals surface area (Å²) in [5, 5.41) is 3.46. The Labute approximate surface area is 182 Å². The topological polar surface area (TPSA) is 55.3 Å². The van der Waals surface area contributed by atoms with Gasteiger partial charge in [-0.2, -0.15) is 0 Å². The third-order valence-corrected chi connectivity index (χ3v) is 5.14. The number of nitrogens with zero attached hydrogens (tertiary/aromatic N) is 2. The molecule has 1 unspecified atom stereocenters. The summed E-state index contributed by atoms with van der Waals surface area (Å²) in [6, 6.07) is 0. The van der Waals surface area contributed by atoms with Crippen molar-refractivity contribution < 1.29 is 14.2 Å². The van der Waals surface area contributed by atoms with Gasteiger partial charge in [0.25, 0.3) is 0 Å². The molecule has 1 atom stereocenters. The van der Waals surface area contributed by atoms with E-state index in [1.54, 1.807) is 0 Å². The first kappa shape index (κ1) is 24.9. The summed E-state index contributed by atoms with van der Waals surface area (Å²) in [7, 11) is 1.86.